The van der Waals surface area contributed by atoms with Gasteiger partial charge < -0.3 is 4.74 Å². The van der Waals surface area contributed by atoms with E-state index in [0.717, 1.165) is 12.8 Å². The van der Waals surface area contributed by atoms with Crippen molar-refractivity contribution in [1.29, 1.82) is 0 Å². The van der Waals surface area contributed by atoms with E-state index in [-0.39, 0.29) is 0 Å². The summed E-state index contributed by atoms with van der Waals surface area (Å²) >= 11 is 0. The summed E-state index contributed by atoms with van der Waals surface area (Å²) in [5.74, 6) is 0. The molecule has 0 aliphatic carbocycles. The van der Waals surface area contributed by atoms with Gasteiger partial charge in [-0.15, -0.1) is 0 Å². The van der Waals surface area contributed by atoms with Crippen molar-refractivity contribution in [2.24, 2.45) is 0 Å². The van der Waals surface area contributed by atoms with E-state index >= 15 is 0 Å². The maximum absolute atomic E-state index is 5.91. The first kappa shape index (κ1) is 9.72. The molecule has 2 atom stereocenters. The topological polar surface area (TPSA) is 9.23 Å². The minimum Gasteiger partial charge on any atom is -0.375 e. The van der Waals surface area contributed by atoms with Crippen LogP contribution in [0.4, 0.5) is 0 Å². The average Bonchev–Trinajstić information content (AvgIpc) is 2.67. The van der Waals surface area contributed by atoms with Gasteiger partial charge in [-0.25, -0.2) is 0 Å². The fourth-order valence-electron chi connectivity index (χ4n) is 2.11. The average molecular weight is 190 g/mol. The van der Waals surface area contributed by atoms with Crippen LogP contribution in [-0.2, 0) is 11.2 Å². The third kappa shape index (κ3) is 2.36. The summed E-state index contributed by atoms with van der Waals surface area (Å²) in [4.78, 5) is 0. The summed E-state index contributed by atoms with van der Waals surface area (Å²) in [5.41, 5.74) is 1.40. The van der Waals surface area contributed by atoms with E-state index in [0.29, 0.717) is 12.2 Å². The second kappa shape index (κ2) is 4.61. The molecule has 0 amide bonds. The van der Waals surface area contributed by atoms with Crippen LogP contribution in [0.25, 0.3) is 0 Å². The zero-order valence-corrected chi connectivity index (χ0v) is 8.78. The van der Waals surface area contributed by atoms with Crippen LogP contribution in [0, 0.1) is 0 Å². The Hall–Kier alpha value is -0.820. The molecule has 1 heterocycles. The van der Waals surface area contributed by atoms with Crippen LogP contribution >= 0.6 is 0 Å². The van der Waals surface area contributed by atoms with Crippen LogP contribution in [0.1, 0.15) is 31.7 Å². The van der Waals surface area contributed by atoms with E-state index < -0.39 is 0 Å². The highest BCUT2D eigenvalue weighted by molar-refractivity contribution is 5.15. The van der Waals surface area contributed by atoms with Gasteiger partial charge in [0.2, 0.25) is 0 Å². The Bertz CT molecular complexity index is 268. The van der Waals surface area contributed by atoms with Gasteiger partial charge in [0.05, 0.1) is 12.2 Å². The minimum absolute atomic E-state index is 0.461. The molecular weight excluding hydrogens is 172 g/mol. The Labute approximate surface area is 86.1 Å². The zero-order valence-electron chi connectivity index (χ0n) is 8.78. The first-order valence-corrected chi connectivity index (χ1v) is 5.58. The third-order valence-electron chi connectivity index (χ3n) is 2.96. The van der Waals surface area contributed by atoms with Gasteiger partial charge in [-0.1, -0.05) is 37.3 Å². The molecule has 0 N–H and O–H groups in total. The molecule has 1 saturated heterocycles. The fraction of sp³-hybridized carbons (Fsp3) is 0.538. The lowest BCUT2D eigenvalue weighted by molar-refractivity contribution is 0.0438. The second-order valence-corrected chi connectivity index (χ2v) is 4.06. The van der Waals surface area contributed by atoms with Gasteiger partial charge in [0, 0.05) is 0 Å². The molecule has 1 aliphatic heterocycles. The lowest BCUT2D eigenvalue weighted by Crippen LogP contribution is -2.12. The Kier molecular flexibility index (Phi) is 3.20. The Morgan fingerprint density at radius 1 is 1.14 bits per heavy atom. The van der Waals surface area contributed by atoms with Gasteiger partial charge in [0.25, 0.3) is 0 Å². The van der Waals surface area contributed by atoms with Gasteiger partial charge in [0.15, 0.2) is 0 Å². The first-order valence-electron chi connectivity index (χ1n) is 5.58. The number of hydrogen-bond donors (Lipinski definition) is 0. The largest absolute Gasteiger partial charge is 0.375 e. The van der Waals surface area contributed by atoms with Crippen molar-refractivity contribution in [2.45, 2.75) is 44.8 Å². The van der Waals surface area contributed by atoms with Crippen molar-refractivity contribution in [2.75, 3.05) is 0 Å². The van der Waals surface area contributed by atoms with Crippen LogP contribution < -0.4 is 0 Å². The highest BCUT2D eigenvalue weighted by atomic mass is 16.5. The number of ether oxygens (including phenoxy) is 1. The Morgan fingerprint density at radius 2 is 1.86 bits per heavy atom. The highest BCUT2D eigenvalue weighted by Crippen LogP contribution is 2.24. The predicted molar refractivity (Wildman–Crippen MR) is 58.3 cm³/mol. The Balaban J connectivity index is 1.88. The number of benzene rings is 1. The van der Waals surface area contributed by atoms with Gasteiger partial charge in [-0.3, -0.25) is 0 Å². The maximum Gasteiger partial charge on any atom is 0.0620 e. The molecule has 1 nitrogen and oxygen atoms in total. The van der Waals surface area contributed by atoms with Crippen molar-refractivity contribution >= 4 is 0 Å². The predicted octanol–water partition coefficient (Wildman–Crippen LogP) is 3.19. The molecule has 1 aromatic carbocycles. The van der Waals surface area contributed by atoms with E-state index in [1.165, 1.54) is 18.4 Å². The van der Waals surface area contributed by atoms with E-state index in [1.807, 2.05) is 0 Å². The van der Waals surface area contributed by atoms with E-state index in [2.05, 4.69) is 37.3 Å². The molecule has 1 aliphatic rings. The highest BCUT2D eigenvalue weighted by Gasteiger charge is 2.23. The van der Waals surface area contributed by atoms with Crippen molar-refractivity contribution in [3.8, 4) is 0 Å². The first-order chi connectivity index (χ1) is 6.88. The van der Waals surface area contributed by atoms with Gasteiger partial charge in [-0.05, 0) is 31.2 Å². The van der Waals surface area contributed by atoms with Gasteiger partial charge in [0.1, 0.15) is 0 Å². The summed E-state index contributed by atoms with van der Waals surface area (Å²) in [6, 6.07) is 10.6. The quantitative estimate of drug-likeness (QED) is 0.711. The maximum atomic E-state index is 5.91. The molecule has 0 bridgehead atoms. The smallest absolute Gasteiger partial charge is 0.0620 e. The van der Waals surface area contributed by atoms with Crippen LogP contribution in [-0.4, -0.2) is 12.2 Å². The standard InChI is InChI=1S/C13H18O/c1-2-12-8-9-13(14-12)10-11-6-4-3-5-7-11/h3-7,12-13H,2,8-10H2,1H3. The summed E-state index contributed by atoms with van der Waals surface area (Å²) in [7, 11) is 0. The third-order valence-corrected chi connectivity index (χ3v) is 2.96. The zero-order chi connectivity index (χ0) is 9.80. The molecule has 1 heteroatoms. The molecule has 0 saturated carbocycles. The van der Waals surface area contributed by atoms with Gasteiger partial charge >= 0.3 is 0 Å². The minimum atomic E-state index is 0.461. The molecule has 0 aromatic heterocycles. The second-order valence-electron chi connectivity index (χ2n) is 4.06. The monoisotopic (exact) mass is 190 g/mol. The lowest BCUT2D eigenvalue weighted by atomic mass is 10.1. The molecule has 0 radical (unpaired) electrons. The molecule has 2 rings (SSSR count). The summed E-state index contributed by atoms with van der Waals surface area (Å²) in [5, 5.41) is 0. The van der Waals surface area contributed by atoms with E-state index in [4.69, 9.17) is 4.74 Å². The lowest BCUT2D eigenvalue weighted by Gasteiger charge is -2.12. The summed E-state index contributed by atoms with van der Waals surface area (Å²) in [6.07, 6.45) is 5.69. The van der Waals surface area contributed by atoms with E-state index in [1.54, 1.807) is 0 Å². The molecule has 1 fully saturated rings. The van der Waals surface area contributed by atoms with Crippen molar-refractivity contribution in [3.05, 3.63) is 35.9 Å². The van der Waals surface area contributed by atoms with Crippen LogP contribution in [0.5, 0.6) is 0 Å². The number of hydrogen-bond acceptors (Lipinski definition) is 1. The molecule has 0 spiro atoms. The Morgan fingerprint density at radius 3 is 2.50 bits per heavy atom. The molecule has 76 valence electrons. The van der Waals surface area contributed by atoms with Crippen molar-refractivity contribution in [1.82, 2.24) is 0 Å². The normalized spacial score (nSPS) is 26.6. The molecular formula is C13H18O. The molecule has 14 heavy (non-hydrogen) atoms. The number of rotatable bonds is 3. The summed E-state index contributed by atoms with van der Waals surface area (Å²) in [6.45, 7) is 2.20. The van der Waals surface area contributed by atoms with Crippen LogP contribution in [0.15, 0.2) is 30.3 Å². The van der Waals surface area contributed by atoms with Crippen LogP contribution in [0.2, 0.25) is 0 Å². The van der Waals surface area contributed by atoms with Crippen molar-refractivity contribution < 1.29 is 4.74 Å². The fourth-order valence-corrected chi connectivity index (χ4v) is 2.11. The van der Waals surface area contributed by atoms with E-state index in [9.17, 15) is 0 Å². The summed E-state index contributed by atoms with van der Waals surface area (Å²) < 4.78 is 5.91. The van der Waals surface area contributed by atoms with Crippen molar-refractivity contribution in [3.63, 3.8) is 0 Å². The SMILES string of the molecule is CCC1CCC(Cc2ccccc2)O1. The van der Waals surface area contributed by atoms with Crippen LogP contribution in [0.3, 0.4) is 0 Å². The molecule has 2 unspecified atom stereocenters. The van der Waals surface area contributed by atoms with Gasteiger partial charge in [-0.2, -0.15) is 0 Å². The molecule has 1 aromatic rings.